The van der Waals surface area contributed by atoms with Gasteiger partial charge in [0, 0.05) is 37.3 Å². The third-order valence-corrected chi connectivity index (χ3v) is 3.86. The maximum absolute atomic E-state index is 12.1. The van der Waals surface area contributed by atoms with Crippen LogP contribution >= 0.6 is 0 Å². The van der Waals surface area contributed by atoms with Crippen molar-refractivity contribution in [1.82, 2.24) is 15.1 Å². The molecule has 4 heteroatoms. The number of carbonyl (C=O) groups excluding carboxylic acids is 1. The number of nitrogens with one attached hydrogen (secondary N) is 1. The van der Waals surface area contributed by atoms with Gasteiger partial charge < -0.3 is 15.1 Å². The molecule has 0 bridgehead atoms. The van der Waals surface area contributed by atoms with Crippen molar-refractivity contribution in [2.24, 2.45) is 0 Å². The Bertz CT molecular complexity index is 309. The Hall–Kier alpha value is -0.770. The molecule has 2 aliphatic rings. The lowest BCUT2D eigenvalue weighted by molar-refractivity contribution is 0.0917. The number of piperidine rings is 1. The van der Waals surface area contributed by atoms with Crippen LogP contribution in [0.4, 0.5) is 4.79 Å². The van der Waals surface area contributed by atoms with Crippen molar-refractivity contribution in [3.05, 3.63) is 0 Å². The summed E-state index contributed by atoms with van der Waals surface area (Å²) in [4.78, 5) is 15.9. The molecule has 0 unspecified atom stereocenters. The Labute approximate surface area is 104 Å². The van der Waals surface area contributed by atoms with Gasteiger partial charge in [0.15, 0.2) is 0 Å². The Balaban J connectivity index is 2.14. The molecule has 0 aromatic carbocycles. The van der Waals surface area contributed by atoms with Crippen LogP contribution in [-0.2, 0) is 0 Å². The zero-order valence-electron chi connectivity index (χ0n) is 11.7. The van der Waals surface area contributed by atoms with Crippen LogP contribution in [0.15, 0.2) is 0 Å². The molecule has 0 spiro atoms. The van der Waals surface area contributed by atoms with Crippen LogP contribution in [0.5, 0.6) is 0 Å². The summed E-state index contributed by atoms with van der Waals surface area (Å²) in [6, 6.07) is 0.571. The van der Waals surface area contributed by atoms with E-state index >= 15 is 0 Å². The van der Waals surface area contributed by atoms with Gasteiger partial charge in [-0.1, -0.05) is 0 Å². The Morgan fingerprint density at radius 2 is 1.65 bits per heavy atom. The zero-order chi connectivity index (χ0) is 12.8. The molecule has 0 aliphatic carbocycles. The van der Waals surface area contributed by atoms with E-state index in [1.165, 1.54) is 0 Å². The van der Waals surface area contributed by atoms with E-state index < -0.39 is 0 Å². The van der Waals surface area contributed by atoms with Crippen LogP contribution in [0.1, 0.15) is 40.5 Å². The maximum Gasteiger partial charge on any atom is 0.320 e. The van der Waals surface area contributed by atoms with Gasteiger partial charge in [-0.25, -0.2) is 4.79 Å². The number of carbonyl (C=O) groups is 1. The topological polar surface area (TPSA) is 35.6 Å². The van der Waals surface area contributed by atoms with E-state index in [1.807, 2.05) is 11.9 Å². The van der Waals surface area contributed by atoms with Gasteiger partial charge in [0.25, 0.3) is 0 Å². The van der Waals surface area contributed by atoms with Gasteiger partial charge in [-0.2, -0.15) is 0 Å². The molecule has 17 heavy (non-hydrogen) atoms. The lowest BCUT2D eigenvalue weighted by Gasteiger charge is -2.48. The van der Waals surface area contributed by atoms with Crippen LogP contribution in [0.25, 0.3) is 0 Å². The molecule has 0 atom stereocenters. The monoisotopic (exact) mass is 239 g/mol. The third-order valence-electron chi connectivity index (χ3n) is 3.86. The molecule has 2 heterocycles. The minimum Gasteiger partial charge on any atom is -0.326 e. The molecule has 2 saturated heterocycles. The molecule has 2 rings (SSSR count). The van der Waals surface area contributed by atoms with Gasteiger partial charge in [-0.15, -0.1) is 0 Å². The second kappa shape index (κ2) is 3.87. The standard InChI is InChI=1S/C13H25N3O/c1-12(2)8-10(9-13(3,4)14-12)16-7-6-15(5)11(16)17/h10,14H,6-9H2,1-5H3. The Morgan fingerprint density at radius 1 is 1.12 bits per heavy atom. The van der Waals surface area contributed by atoms with Crippen LogP contribution in [-0.4, -0.2) is 53.1 Å². The fourth-order valence-corrected chi connectivity index (χ4v) is 3.50. The lowest BCUT2D eigenvalue weighted by atomic mass is 9.79. The van der Waals surface area contributed by atoms with Crippen molar-refractivity contribution in [3.8, 4) is 0 Å². The minimum atomic E-state index is 0.105. The quantitative estimate of drug-likeness (QED) is 0.755. The number of hydrogen-bond donors (Lipinski definition) is 1. The predicted octanol–water partition coefficient (Wildman–Crippen LogP) is 1.66. The summed E-state index contributed by atoms with van der Waals surface area (Å²) in [7, 11) is 1.89. The highest BCUT2D eigenvalue weighted by Crippen LogP contribution is 2.32. The predicted molar refractivity (Wildman–Crippen MR) is 69.0 cm³/mol. The number of amides is 2. The van der Waals surface area contributed by atoms with E-state index in [1.54, 1.807) is 0 Å². The van der Waals surface area contributed by atoms with Gasteiger partial charge in [0.05, 0.1) is 0 Å². The van der Waals surface area contributed by atoms with E-state index in [0.29, 0.717) is 6.04 Å². The second-order valence-electron chi connectivity index (χ2n) is 6.85. The molecule has 2 amide bonds. The molecule has 4 nitrogen and oxygen atoms in total. The molecule has 98 valence electrons. The third kappa shape index (κ3) is 2.57. The van der Waals surface area contributed by atoms with Gasteiger partial charge in [0.2, 0.25) is 0 Å². The van der Waals surface area contributed by atoms with E-state index in [-0.39, 0.29) is 17.1 Å². The molecule has 0 aromatic heterocycles. The molecule has 2 aliphatic heterocycles. The largest absolute Gasteiger partial charge is 0.326 e. The molecule has 0 radical (unpaired) electrons. The lowest BCUT2D eigenvalue weighted by Crippen LogP contribution is -2.62. The Kier molecular flexibility index (Phi) is 2.89. The first-order valence-electron chi connectivity index (χ1n) is 6.51. The summed E-state index contributed by atoms with van der Waals surface area (Å²) in [5.74, 6) is 0. The normalized spacial score (nSPS) is 28.9. The average molecular weight is 239 g/mol. The van der Waals surface area contributed by atoms with Crippen LogP contribution in [0.2, 0.25) is 0 Å². The van der Waals surface area contributed by atoms with Gasteiger partial charge in [-0.05, 0) is 40.5 Å². The average Bonchev–Trinajstić information content (AvgIpc) is 2.42. The van der Waals surface area contributed by atoms with Crippen molar-refractivity contribution in [2.75, 3.05) is 20.1 Å². The summed E-state index contributed by atoms with van der Waals surface area (Å²) in [5, 5.41) is 3.66. The molecule has 2 fully saturated rings. The number of rotatable bonds is 1. The van der Waals surface area contributed by atoms with Gasteiger partial charge in [0.1, 0.15) is 0 Å². The summed E-state index contributed by atoms with van der Waals surface area (Å²) >= 11 is 0. The second-order valence-corrected chi connectivity index (χ2v) is 6.85. The van der Waals surface area contributed by atoms with E-state index in [9.17, 15) is 4.79 Å². The zero-order valence-corrected chi connectivity index (χ0v) is 11.7. The highest BCUT2D eigenvalue weighted by Gasteiger charge is 2.43. The van der Waals surface area contributed by atoms with Crippen molar-refractivity contribution < 1.29 is 4.79 Å². The summed E-state index contributed by atoms with van der Waals surface area (Å²) < 4.78 is 0. The SMILES string of the molecule is CN1CCN(C2CC(C)(C)NC(C)(C)C2)C1=O. The van der Waals surface area contributed by atoms with Crippen molar-refractivity contribution in [1.29, 1.82) is 0 Å². The number of hydrogen-bond acceptors (Lipinski definition) is 2. The van der Waals surface area contributed by atoms with Crippen LogP contribution < -0.4 is 5.32 Å². The number of urea groups is 1. The fraction of sp³-hybridized carbons (Fsp3) is 0.923. The number of likely N-dealkylation sites (N-methyl/N-ethyl adjacent to an activating group) is 1. The summed E-state index contributed by atoms with van der Waals surface area (Å²) in [6.07, 6.45) is 2.08. The molecule has 0 saturated carbocycles. The molecular formula is C13H25N3O. The van der Waals surface area contributed by atoms with Crippen LogP contribution in [0.3, 0.4) is 0 Å². The first-order valence-corrected chi connectivity index (χ1v) is 6.51. The van der Waals surface area contributed by atoms with Crippen molar-refractivity contribution in [2.45, 2.75) is 57.7 Å². The van der Waals surface area contributed by atoms with E-state index in [4.69, 9.17) is 0 Å². The van der Waals surface area contributed by atoms with Crippen molar-refractivity contribution in [3.63, 3.8) is 0 Å². The maximum atomic E-state index is 12.1. The molecule has 0 aromatic rings. The summed E-state index contributed by atoms with van der Waals surface area (Å²) in [5.41, 5.74) is 0.210. The highest BCUT2D eigenvalue weighted by atomic mass is 16.2. The fourth-order valence-electron chi connectivity index (χ4n) is 3.50. The molecule has 1 N–H and O–H groups in total. The molecular weight excluding hydrogens is 214 g/mol. The van der Waals surface area contributed by atoms with Gasteiger partial charge in [-0.3, -0.25) is 0 Å². The summed E-state index contributed by atoms with van der Waals surface area (Å²) in [6.45, 7) is 10.7. The van der Waals surface area contributed by atoms with Crippen LogP contribution in [0, 0.1) is 0 Å². The van der Waals surface area contributed by atoms with E-state index in [0.717, 1.165) is 25.9 Å². The highest BCUT2D eigenvalue weighted by molar-refractivity contribution is 5.76. The first kappa shape index (κ1) is 12.7. The minimum absolute atomic E-state index is 0.105. The van der Waals surface area contributed by atoms with Gasteiger partial charge >= 0.3 is 6.03 Å². The van der Waals surface area contributed by atoms with Crippen molar-refractivity contribution >= 4 is 6.03 Å². The smallest absolute Gasteiger partial charge is 0.320 e. The first-order chi connectivity index (χ1) is 7.70. The Morgan fingerprint density at radius 3 is 2.06 bits per heavy atom. The van der Waals surface area contributed by atoms with E-state index in [2.05, 4.69) is 37.9 Å². The number of nitrogens with zero attached hydrogens (tertiary/aromatic N) is 2.